The van der Waals surface area contributed by atoms with Gasteiger partial charge in [0, 0.05) is 24.3 Å². The first-order valence-electron chi connectivity index (χ1n) is 13.5. The van der Waals surface area contributed by atoms with E-state index in [1.165, 1.54) is 18.5 Å². The molecule has 0 aromatic carbocycles. The van der Waals surface area contributed by atoms with Crippen LogP contribution in [0, 0.1) is 11.3 Å². The summed E-state index contributed by atoms with van der Waals surface area (Å²) < 4.78 is 1.72. The van der Waals surface area contributed by atoms with Crippen molar-refractivity contribution in [1.82, 2.24) is 19.9 Å². The molecule has 0 spiro atoms. The second kappa shape index (κ2) is 11.3. The second-order valence-electron chi connectivity index (χ2n) is 10.5. The fourth-order valence-electron chi connectivity index (χ4n) is 6.08. The number of amides is 2. The predicted molar refractivity (Wildman–Crippen MR) is 147 cm³/mol. The largest absolute Gasteiger partial charge is 0.393 e. The zero-order valence-corrected chi connectivity index (χ0v) is 21.8. The van der Waals surface area contributed by atoms with Crippen molar-refractivity contribution < 1.29 is 14.7 Å². The summed E-state index contributed by atoms with van der Waals surface area (Å²) in [6, 6.07) is 9.74. The Hall–Kier alpha value is -4.23. The smallest absolute Gasteiger partial charge is 0.252 e. The summed E-state index contributed by atoms with van der Waals surface area (Å²) in [5.41, 5.74) is 9.48. The number of nitrogens with zero attached hydrogens (tertiary/aromatic N) is 5. The van der Waals surface area contributed by atoms with Gasteiger partial charge in [-0.15, -0.1) is 0 Å². The van der Waals surface area contributed by atoms with E-state index in [2.05, 4.69) is 32.9 Å². The van der Waals surface area contributed by atoms with Crippen LogP contribution < -0.4 is 16.0 Å². The van der Waals surface area contributed by atoms with E-state index in [1.807, 2.05) is 18.2 Å². The fraction of sp³-hybridized carbons (Fsp3) is 0.414. The highest BCUT2D eigenvalue weighted by Crippen LogP contribution is 2.37. The fourth-order valence-corrected chi connectivity index (χ4v) is 6.08. The number of aliphatic hydroxyl groups excluding tert-OH is 1. The number of fused-ring (bicyclic) bond motifs is 1. The van der Waals surface area contributed by atoms with Crippen LogP contribution in [-0.2, 0) is 4.79 Å². The minimum Gasteiger partial charge on any atom is -0.393 e. The quantitative estimate of drug-likeness (QED) is 0.400. The van der Waals surface area contributed by atoms with Gasteiger partial charge in [0.2, 0.25) is 5.91 Å². The molecule has 2 aliphatic rings. The number of aromatic nitrogens is 3. The lowest BCUT2D eigenvalue weighted by atomic mass is 9.85. The number of primary amides is 1. The van der Waals surface area contributed by atoms with Crippen molar-refractivity contribution in [3.8, 4) is 17.5 Å². The second-order valence-corrected chi connectivity index (χ2v) is 10.5. The Morgan fingerprint density at radius 3 is 2.64 bits per heavy atom. The third-order valence-corrected chi connectivity index (χ3v) is 7.95. The lowest BCUT2D eigenvalue weighted by molar-refractivity contribution is -0.117. The van der Waals surface area contributed by atoms with Crippen molar-refractivity contribution in [2.75, 3.05) is 4.90 Å². The van der Waals surface area contributed by atoms with E-state index in [-0.39, 0.29) is 24.0 Å². The number of carbonyl (C=O) groups is 2. The van der Waals surface area contributed by atoms with E-state index in [1.54, 1.807) is 10.6 Å². The molecule has 4 N–H and O–H groups in total. The Balaban J connectivity index is 1.55. The normalized spacial score (nSPS) is 23.1. The van der Waals surface area contributed by atoms with E-state index in [4.69, 9.17) is 5.73 Å². The molecule has 10 nitrogen and oxygen atoms in total. The molecule has 2 saturated carbocycles. The Kier molecular flexibility index (Phi) is 7.61. The lowest BCUT2D eigenvalue weighted by Crippen LogP contribution is -2.50. The molecule has 0 aliphatic heterocycles. The maximum absolute atomic E-state index is 12.6. The summed E-state index contributed by atoms with van der Waals surface area (Å²) in [5.74, 6) is -0.732. The minimum absolute atomic E-state index is 0.0341. The van der Waals surface area contributed by atoms with Crippen LogP contribution in [0.15, 0.2) is 49.3 Å². The average Bonchev–Trinajstić information content (AvgIpc) is 3.37. The van der Waals surface area contributed by atoms with Gasteiger partial charge in [-0.1, -0.05) is 6.58 Å². The van der Waals surface area contributed by atoms with E-state index >= 15 is 0 Å². The number of carbonyl (C=O) groups excluding carboxylic acids is 2. The highest BCUT2D eigenvalue weighted by atomic mass is 16.3. The van der Waals surface area contributed by atoms with Gasteiger partial charge in [-0.25, -0.2) is 4.52 Å². The van der Waals surface area contributed by atoms with Crippen molar-refractivity contribution in [1.29, 1.82) is 5.26 Å². The Labute approximate surface area is 227 Å². The van der Waals surface area contributed by atoms with Crippen molar-refractivity contribution >= 4 is 23.0 Å². The third-order valence-electron chi connectivity index (χ3n) is 7.95. The Morgan fingerprint density at radius 1 is 1.15 bits per heavy atom. The number of aliphatic hydroxyl groups is 1. The van der Waals surface area contributed by atoms with Gasteiger partial charge in [-0.3, -0.25) is 14.6 Å². The van der Waals surface area contributed by atoms with E-state index in [0.717, 1.165) is 56.2 Å². The third kappa shape index (κ3) is 5.49. The van der Waals surface area contributed by atoms with Crippen LogP contribution in [0.3, 0.4) is 0 Å². The molecule has 5 rings (SSSR count). The summed E-state index contributed by atoms with van der Waals surface area (Å²) in [6.45, 7) is 3.55. The molecule has 0 bridgehead atoms. The average molecular weight is 528 g/mol. The van der Waals surface area contributed by atoms with Crippen LogP contribution in [0.4, 0.5) is 5.69 Å². The van der Waals surface area contributed by atoms with Crippen molar-refractivity contribution in [3.63, 3.8) is 0 Å². The van der Waals surface area contributed by atoms with E-state index < -0.39 is 12.0 Å². The maximum atomic E-state index is 12.6. The van der Waals surface area contributed by atoms with Crippen LogP contribution in [-0.4, -0.2) is 55.7 Å². The van der Waals surface area contributed by atoms with Crippen molar-refractivity contribution in [2.24, 2.45) is 5.73 Å². The number of pyridine rings is 1. The molecule has 10 heteroatoms. The maximum Gasteiger partial charge on any atom is 0.252 e. The molecular formula is C29H33N7O3. The molecule has 2 fully saturated rings. The molecule has 39 heavy (non-hydrogen) atoms. The highest BCUT2D eigenvalue weighted by Gasteiger charge is 2.35. The molecule has 3 aromatic rings. The van der Waals surface area contributed by atoms with Crippen LogP contribution in [0.5, 0.6) is 0 Å². The first kappa shape index (κ1) is 26.4. The minimum atomic E-state index is -0.561. The van der Waals surface area contributed by atoms with Gasteiger partial charge < -0.3 is 21.1 Å². The monoisotopic (exact) mass is 527 g/mol. The van der Waals surface area contributed by atoms with E-state index in [0.29, 0.717) is 28.9 Å². The molecule has 0 unspecified atom stereocenters. The molecule has 202 valence electrons. The molecule has 3 aromatic heterocycles. The number of rotatable bonds is 7. The summed E-state index contributed by atoms with van der Waals surface area (Å²) >= 11 is 0. The van der Waals surface area contributed by atoms with Gasteiger partial charge in [-0.05, 0) is 81.7 Å². The molecular weight excluding hydrogens is 494 g/mol. The van der Waals surface area contributed by atoms with Gasteiger partial charge in [0.05, 0.1) is 46.0 Å². The molecule has 2 aliphatic carbocycles. The molecule has 2 atom stereocenters. The molecule has 3 heterocycles. The number of nitrogens with one attached hydrogen (secondary N) is 1. The number of nitrogens with two attached hydrogens (primary N) is 1. The topological polar surface area (TPSA) is 150 Å². The summed E-state index contributed by atoms with van der Waals surface area (Å²) in [5, 5.41) is 27.2. The number of anilines is 1. The number of hydrogen-bond donors (Lipinski definition) is 3. The Morgan fingerprint density at radius 2 is 1.95 bits per heavy atom. The van der Waals surface area contributed by atoms with Crippen LogP contribution in [0.25, 0.3) is 16.9 Å². The molecule has 2 amide bonds. The first-order chi connectivity index (χ1) is 18.9. The summed E-state index contributed by atoms with van der Waals surface area (Å²) in [4.78, 5) is 31.4. The SMILES string of the molecule is C=CC(=O)NC1CCC(N(c2cc(-c3ccc4cc(C#N)cnn34)ncc2C(N)=O)[C@H]2CCC[C@@H](O)C2)CC1. The van der Waals surface area contributed by atoms with Crippen molar-refractivity contribution in [2.45, 2.75) is 75.6 Å². The molecule has 0 saturated heterocycles. The van der Waals surface area contributed by atoms with Crippen LogP contribution >= 0.6 is 0 Å². The summed E-state index contributed by atoms with van der Waals surface area (Å²) in [7, 11) is 0. The summed E-state index contributed by atoms with van der Waals surface area (Å²) in [6.07, 6.45) is 10.3. The zero-order valence-electron chi connectivity index (χ0n) is 21.8. The zero-order chi connectivity index (χ0) is 27.5. The highest BCUT2D eigenvalue weighted by molar-refractivity contribution is 5.99. The standard InChI is InChI=1S/C29H33N7O3/c1-2-28(38)34-19-6-8-20(9-7-19)35(21-4-3-5-23(37)13-21)27-14-25(32-17-24(27)29(31)39)26-11-10-22-12-18(15-30)16-33-36(22)26/h2,10-12,14,16-17,19-21,23,37H,1,3-9,13H2,(H2,31,39)(H,34,38)/t19?,20?,21-,23+/m0/s1. The number of nitriles is 1. The van der Waals surface area contributed by atoms with Crippen molar-refractivity contribution in [3.05, 3.63) is 60.4 Å². The van der Waals surface area contributed by atoms with Crippen LogP contribution in [0.2, 0.25) is 0 Å². The Bertz CT molecular complexity index is 1430. The van der Waals surface area contributed by atoms with Gasteiger partial charge in [0.1, 0.15) is 6.07 Å². The van der Waals surface area contributed by atoms with Gasteiger partial charge in [0.25, 0.3) is 5.91 Å². The number of hydrogen-bond acceptors (Lipinski definition) is 7. The predicted octanol–water partition coefficient (Wildman–Crippen LogP) is 3.09. The van der Waals surface area contributed by atoms with Gasteiger partial charge in [0.15, 0.2) is 0 Å². The van der Waals surface area contributed by atoms with Gasteiger partial charge in [-0.2, -0.15) is 10.4 Å². The lowest BCUT2D eigenvalue weighted by Gasteiger charge is -2.45. The molecule has 0 radical (unpaired) electrons. The first-order valence-corrected chi connectivity index (χ1v) is 13.5. The van der Waals surface area contributed by atoms with Crippen LogP contribution in [0.1, 0.15) is 67.3 Å². The van der Waals surface area contributed by atoms with Gasteiger partial charge >= 0.3 is 0 Å². The van der Waals surface area contributed by atoms with E-state index in [9.17, 15) is 20.0 Å².